The molecule has 1 aliphatic heterocycles. The maximum atomic E-state index is 12.9. The van der Waals surface area contributed by atoms with E-state index < -0.39 is 20.5 Å². The topological polar surface area (TPSA) is 93.7 Å². The molecule has 0 radical (unpaired) electrons. The number of methoxy groups -OCH3 is 1. The third-order valence-corrected chi connectivity index (χ3v) is 6.88. The Morgan fingerprint density at radius 2 is 1.96 bits per heavy atom. The van der Waals surface area contributed by atoms with Crippen molar-refractivity contribution in [2.75, 3.05) is 33.1 Å². The SMILES string of the molecule is CCOc1ccc(C(C)NC(=O)C2(S(C)(=O)=O)CCNCC2)cc1OC. The monoisotopic (exact) mass is 384 g/mol. The number of benzene rings is 1. The lowest BCUT2D eigenvalue weighted by molar-refractivity contribution is -0.125. The van der Waals surface area contributed by atoms with E-state index in [2.05, 4.69) is 10.6 Å². The van der Waals surface area contributed by atoms with E-state index in [1.54, 1.807) is 19.2 Å². The Morgan fingerprint density at radius 3 is 2.50 bits per heavy atom. The van der Waals surface area contributed by atoms with Crippen LogP contribution in [0.15, 0.2) is 18.2 Å². The highest BCUT2D eigenvalue weighted by atomic mass is 32.2. The van der Waals surface area contributed by atoms with Crippen LogP contribution in [0.2, 0.25) is 0 Å². The number of hydrogen-bond donors (Lipinski definition) is 2. The van der Waals surface area contributed by atoms with E-state index in [-0.39, 0.29) is 18.9 Å². The molecule has 1 aromatic rings. The fourth-order valence-electron chi connectivity index (χ4n) is 3.24. The summed E-state index contributed by atoms with van der Waals surface area (Å²) in [5.41, 5.74) is 0.816. The zero-order valence-corrected chi connectivity index (χ0v) is 16.6. The van der Waals surface area contributed by atoms with Gasteiger partial charge in [-0.2, -0.15) is 0 Å². The van der Waals surface area contributed by atoms with E-state index >= 15 is 0 Å². The van der Waals surface area contributed by atoms with Crippen LogP contribution in [0.1, 0.15) is 38.3 Å². The highest BCUT2D eigenvalue weighted by molar-refractivity contribution is 7.92. The molecule has 0 aromatic heterocycles. The Kier molecular flexibility index (Phi) is 6.52. The van der Waals surface area contributed by atoms with Crippen LogP contribution in [0, 0.1) is 0 Å². The van der Waals surface area contributed by atoms with Crippen molar-refractivity contribution in [2.45, 2.75) is 37.5 Å². The minimum atomic E-state index is -3.54. The minimum Gasteiger partial charge on any atom is -0.493 e. The summed E-state index contributed by atoms with van der Waals surface area (Å²) in [6.45, 7) is 5.24. The van der Waals surface area contributed by atoms with Gasteiger partial charge in [-0.05, 0) is 57.5 Å². The van der Waals surface area contributed by atoms with Crippen molar-refractivity contribution in [1.29, 1.82) is 0 Å². The van der Waals surface area contributed by atoms with Gasteiger partial charge in [-0.25, -0.2) is 8.42 Å². The van der Waals surface area contributed by atoms with E-state index in [1.165, 1.54) is 0 Å². The van der Waals surface area contributed by atoms with E-state index in [1.807, 2.05) is 19.9 Å². The summed E-state index contributed by atoms with van der Waals surface area (Å²) in [7, 11) is -1.98. The molecular formula is C18H28N2O5S. The zero-order valence-electron chi connectivity index (χ0n) is 15.8. The van der Waals surface area contributed by atoms with Crippen molar-refractivity contribution < 1.29 is 22.7 Å². The normalized spacial score (nSPS) is 18.0. The van der Waals surface area contributed by atoms with Gasteiger partial charge >= 0.3 is 0 Å². The standard InChI is InChI=1S/C18H28N2O5S/c1-5-25-15-7-6-14(12-16(15)24-3)13(2)20-17(21)18(26(4,22)23)8-10-19-11-9-18/h6-7,12-13,19H,5,8-11H2,1-4H3,(H,20,21). The molecule has 1 aliphatic rings. The number of piperidine rings is 1. The highest BCUT2D eigenvalue weighted by Crippen LogP contribution is 2.32. The van der Waals surface area contributed by atoms with Gasteiger partial charge in [0.1, 0.15) is 0 Å². The van der Waals surface area contributed by atoms with Gasteiger partial charge in [0.25, 0.3) is 0 Å². The summed E-state index contributed by atoms with van der Waals surface area (Å²) in [6.07, 6.45) is 1.69. The van der Waals surface area contributed by atoms with Gasteiger partial charge in [0.2, 0.25) is 5.91 Å². The number of carbonyl (C=O) groups is 1. The first-order valence-corrected chi connectivity index (χ1v) is 10.7. The summed E-state index contributed by atoms with van der Waals surface area (Å²) in [6, 6.07) is 5.07. The minimum absolute atomic E-state index is 0.275. The molecule has 1 atom stereocenters. The number of sulfone groups is 1. The van der Waals surface area contributed by atoms with Crippen LogP contribution in [-0.4, -0.2) is 52.1 Å². The molecule has 0 saturated carbocycles. The molecule has 1 fully saturated rings. The number of rotatable bonds is 7. The Balaban J connectivity index is 2.22. The average Bonchev–Trinajstić information content (AvgIpc) is 2.61. The Morgan fingerprint density at radius 1 is 1.31 bits per heavy atom. The van der Waals surface area contributed by atoms with Crippen LogP contribution in [0.25, 0.3) is 0 Å². The van der Waals surface area contributed by atoms with Gasteiger partial charge in [0.05, 0.1) is 19.8 Å². The van der Waals surface area contributed by atoms with Crippen LogP contribution in [0.3, 0.4) is 0 Å². The van der Waals surface area contributed by atoms with Crippen molar-refractivity contribution in [3.05, 3.63) is 23.8 Å². The van der Waals surface area contributed by atoms with Crippen molar-refractivity contribution >= 4 is 15.7 Å². The van der Waals surface area contributed by atoms with Crippen molar-refractivity contribution in [2.24, 2.45) is 0 Å². The first kappa shape index (κ1) is 20.5. The Bertz CT molecular complexity index is 742. The quantitative estimate of drug-likeness (QED) is 0.739. The first-order chi connectivity index (χ1) is 12.2. The Labute approximate surface area is 155 Å². The average molecular weight is 384 g/mol. The predicted molar refractivity (Wildman–Crippen MR) is 100 cm³/mol. The van der Waals surface area contributed by atoms with Gasteiger partial charge in [-0.15, -0.1) is 0 Å². The maximum absolute atomic E-state index is 12.9. The highest BCUT2D eigenvalue weighted by Gasteiger charge is 2.48. The number of ether oxygens (including phenoxy) is 2. The summed E-state index contributed by atoms with van der Waals surface area (Å²) < 4.78 is 34.2. The molecule has 1 heterocycles. The maximum Gasteiger partial charge on any atom is 0.242 e. The molecule has 7 nitrogen and oxygen atoms in total. The Hall–Kier alpha value is -1.80. The first-order valence-electron chi connectivity index (χ1n) is 8.77. The lowest BCUT2D eigenvalue weighted by Gasteiger charge is -2.35. The zero-order chi connectivity index (χ0) is 19.4. The molecule has 0 bridgehead atoms. The second-order valence-electron chi connectivity index (χ2n) is 6.55. The molecule has 1 aromatic carbocycles. The summed E-state index contributed by atoms with van der Waals surface area (Å²) >= 11 is 0. The number of amides is 1. The van der Waals surface area contributed by atoms with E-state index in [0.29, 0.717) is 31.2 Å². The molecule has 1 unspecified atom stereocenters. The van der Waals surface area contributed by atoms with Crippen LogP contribution in [0.4, 0.5) is 0 Å². The van der Waals surface area contributed by atoms with Crippen molar-refractivity contribution in [3.8, 4) is 11.5 Å². The third kappa shape index (κ3) is 4.12. The second-order valence-corrected chi connectivity index (χ2v) is 8.88. The lowest BCUT2D eigenvalue weighted by Crippen LogP contribution is -2.57. The smallest absolute Gasteiger partial charge is 0.242 e. The summed E-state index contributed by atoms with van der Waals surface area (Å²) in [4.78, 5) is 12.9. The fraction of sp³-hybridized carbons (Fsp3) is 0.611. The van der Waals surface area contributed by atoms with Crippen LogP contribution >= 0.6 is 0 Å². The van der Waals surface area contributed by atoms with E-state index in [9.17, 15) is 13.2 Å². The van der Waals surface area contributed by atoms with Crippen LogP contribution < -0.4 is 20.1 Å². The molecule has 26 heavy (non-hydrogen) atoms. The number of hydrogen-bond acceptors (Lipinski definition) is 6. The van der Waals surface area contributed by atoms with Crippen molar-refractivity contribution in [3.63, 3.8) is 0 Å². The number of nitrogens with one attached hydrogen (secondary N) is 2. The molecule has 146 valence electrons. The van der Waals surface area contributed by atoms with Gasteiger partial charge in [-0.3, -0.25) is 4.79 Å². The molecule has 0 aliphatic carbocycles. The summed E-state index contributed by atoms with van der Waals surface area (Å²) in [5, 5.41) is 5.98. The number of carbonyl (C=O) groups excluding carboxylic acids is 1. The molecule has 8 heteroatoms. The molecule has 2 rings (SSSR count). The molecule has 0 spiro atoms. The third-order valence-electron chi connectivity index (χ3n) is 4.87. The largest absolute Gasteiger partial charge is 0.493 e. The van der Waals surface area contributed by atoms with Crippen LogP contribution in [0.5, 0.6) is 11.5 Å². The van der Waals surface area contributed by atoms with E-state index in [0.717, 1.165) is 11.8 Å². The van der Waals surface area contributed by atoms with Gasteiger partial charge in [0, 0.05) is 6.26 Å². The predicted octanol–water partition coefficient (Wildman–Crippen LogP) is 1.44. The molecule has 1 saturated heterocycles. The second kappa shape index (κ2) is 8.26. The lowest BCUT2D eigenvalue weighted by atomic mass is 9.95. The van der Waals surface area contributed by atoms with Gasteiger partial charge in [-0.1, -0.05) is 6.07 Å². The molecule has 2 N–H and O–H groups in total. The fourth-order valence-corrected chi connectivity index (χ4v) is 4.58. The molecule has 1 amide bonds. The van der Waals surface area contributed by atoms with E-state index in [4.69, 9.17) is 9.47 Å². The summed E-state index contributed by atoms with van der Waals surface area (Å²) in [5.74, 6) is 0.759. The van der Waals surface area contributed by atoms with Crippen LogP contribution in [-0.2, 0) is 14.6 Å². The van der Waals surface area contributed by atoms with Gasteiger partial charge < -0.3 is 20.1 Å². The van der Waals surface area contributed by atoms with Gasteiger partial charge in [0.15, 0.2) is 26.1 Å². The van der Waals surface area contributed by atoms with Crippen molar-refractivity contribution in [1.82, 2.24) is 10.6 Å². The molecular weight excluding hydrogens is 356 g/mol.